The molecule has 1 aliphatic rings. The number of halogens is 3. The highest BCUT2D eigenvalue weighted by Gasteiger charge is 2.48. The Kier molecular flexibility index (Phi) is 5.44. The number of nitrogens with one attached hydrogen (secondary N) is 2. The molecule has 4 aromatic rings. The van der Waals surface area contributed by atoms with E-state index in [0.29, 0.717) is 17.0 Å². The van der Waals surface area contributed by atoms with E-state index in [1.807, 2.05) is 0 Å². The molecule has 0 unspecified atom stereocenters. The smallest absolute Gasteiger partial charge is 0.276 e. The summed E-state index contributed by atoms with van der Waals surface area (Å²) in [7, 11) is 0. The number of carbonyl (C=O) groups is 1. The van der Waals surface area contributed by atoms with Crippen molar-refractivity contribution in [2.45, 2.75) is 24.9 Å². The lowest BCUT2D eigenvalue weighted by Gasteiger charge is -2.32. The van der Waals surface area contributed by atoms with Gasteiger partial charge in [-0.15, -0.1) is 0 Å². The molecule has 13 heteroatoms. The number of aromatic amines is 2. The van der Waals surface area contributed by atoms with E-state index in [4.69, 9.17) is 11.6 Å². The highest BCUT2D eigenvalue weighted by atomic mass is 35.5. The van der Waals surface area contributed by atoms with Crippen molar-refractivity contribution in [2.24, 2.45) is 0 Å². The van der Waals surface area contributed by atoms with Crippen LogP contribution in [0.2, 0.25) is 5.02 Å². The molecule has 10 nitrogen and oxygen atoms in total. The van der Waals surface area contributed by atoms with Gasteiger partial charge in [0.1, 0.15) is 23.4 Å². The van der Waals surface area contributed by atoms with Gasteiger partial charge in [0.2, 0.25) is 0 Å². The minimum Gasteiger partial charge on any atom is -0.356 e. The predicted molar refractivity (Wildman–Crippen MR) is 119 cm³/mol. The van der Waals surface area contributed by atoms with E-state index in [1.54, 1.807) is 6.07 Å². The Morgan fingerprint density at radius 3 is 2.76 bits per heavy atom. The Morgan fingerprint density at radius 1 is 1.24 bits per heavy atom. The van der Waals surface area contributed by atoms with E-state index < -0.39 is 30.8 Å². The first-order valence-corrected chi connectivity index (χ1v) is 10.6. The van der Waals surface area contributed by atoms with Crippen molar-refractivity contribution in [3.05, 3.63) is 72.2 Å². The van der Waals surface area contributed by atoms with Crippen molar-refractivity contribution in [1.29, 1.82) is 0 Å². The van der Waals surface area contributed by atoms with Gasteiger partial charge in [0.05, 0.1) is 30.5 Å². The minimum atomic E-state index is -3.05. The summed E-state index contributed by atoms with van der Waals surface area (Å²) >= 11 is 6.17. The molecule has 0 aromatic carbocycles. The van der Waals surface area contributed by atoms with Gasteiger partial charge in [0, 0.05) is 30.7 Å². The Morgan fingerprint density at radius 2 is 2.03 bits per heavy atom. The van der Waals surface area contributed by atoms with Crippen LogP contribution in [0.3, 0.4) is 0 Å². The summed E-state index contributed by atoms with van der Waals surface area (Å²) in [5, 5.41) is 0.195. The standard InChI is InChI=1S/C21H18ClF2N9O/c1-12(32(8-15-25-4-2-5-26-15)20(34)16-13(22)3-6-27-16)14-7-21(23,24)9-33(14)19-17-18(29-10-28-17)30-11-31-19/h2-6,10-11,14,27H,1,7-9H2,(H,28,29,30,31)/t14-/m0/s1. The third-order valence-electron chi connectivity index (χ3n) is 5.55. The van der Waals surface area contributed by atoms with Crippen LogP contribution < -0.4 is 4.90 Å². The van der Waals surface area contributed by atoms with E-state index in [-0.39, 0.29) is 28.8 Å². The number of rotatable bonds is 6. The lowest BCUT2D eigenvalue weighted by molar-refractivity contribution is 0.0223. The van der Waals surface area contributed by atoms with E-state index in [2.05, 4.69) is 41.5 Å². The molecule has 5 rings (SSSR count). The Hall–Kier alpha value is -3.93. The van der Waals surface area contributed by atoms with Crippen LogP contribution in [0.1, 0.15) is 22.7 Å². The fraction of sp³-hybridized carbons (Fsp3) is 0.238. The van der Waals surface area contributed by atoms with E-state index in [9.17, 15) is 13.6 Å². The average molecular weight is 486 g/mol. The lowest BCUT2D eigenvalue weighted by Crippen LogP contribution is -2.41. The second kappa shape index (κ2) is 8.45. The third kappa shape index (κ3) is 3.96. The van der Waals surface area contributed by atoms with E-state index in [1.165, 1.54) is 47.1 Å². The molecule has 0 aliphatic carbocycles. The maximum Gasteiger partial charge on any atom is 0.276 e. The fourth-order valence-corrected chi connectivity index (χ4v) is 4.19. The zero-order valence-corrected chi connectivity index (χ0v) is 18.4. The number of aromatic nitrogens is 7. The van der Waals surface area contributed by atoms with E-state index >= 15 is 0 Å². The van der Waals surface area contributed by atoms with Gasteiger partial charge in [0.15, 0.2) is 11.5 Å². The highest BCUT2D eigenvalue weighted by molar-refractivity contribution is 6.33. The molecule has 0 bridgehead atoms. The van der Waals surface area contributed by atoms with Crippen molar-refractivity contribution in [2.75, 3.05) is 11.4 Å². The summed E-state index contributed by atoms with van der Waals surface area (Å²) in [4.78, 5) is 42.5. The van der Waals surface area contributed by atoms with Crippen molar-refractivity contribution in [1.82, 2.24) is 39.8 Å². The summed E-state index contributed by atoms with van der Waals surface area (Å²) in [5.41, 5.74) is 0.989. The van der Waals surface area contributed by atoms with Gasteiger partial charge < -0.3 is 19.8 Å². The molecule has 0 saturated carbocycles. The number of hydrogen-bond donors (Lipinski definition) is 2. The molecule has 1 fully saturated rings. The molecular formula is C21H18ClF2N9O. The number of fused-ring (bicyclic) bond motifs is 1. The van der Waals surface area contributed by atoms with E-state index in [0.717, 1.165) is 0 Å². The molecule has 2 N–H and O–H groups in total. The molecule has 1 amide bonds. The SMILES string of the molecule is C=C([C@@H]1CC(F)(F)CN1c1ncnc2nc[nH]c12)N(Cc1ncccn1)C(=O)c1[nH]ccc1Cl. The maximum absolute atomic E-state index is 14.7. The second-order valence-electron chi connectivity index (χ2n) is 7.75. The molecule has 0 radical (unpaired) electrons. The average Bonchev–Trinajstić information content (AvgIpc) is 3.55. The fourth-order valence-electron chi connectivity index (χ4n) is 3.99. The van der Waals surface area contributed by atoms with Gasteiger partial charge in [0.25, 0.3) is 11.8 Å². The first-order valence-electron chi connectivity index (χ1n) is 10.2. The molecule has 5 heterocycles. The summed E-state index contributed by atoms with van der Waals surface area (Å²) in [6.07, 6.45) is 6.68. The van der Waals surface area contributed by atoms with Gasteiger partial charge in [-0.25, -0.2) is 33.7 Å². The van der Waals surface area contributed by atoms with Gasteiger partial charge in [-0.2, -0.15) is 0 Å². The third-order valence-corrected chi connectivity index (χ3v) is 5.87. The predicted octanol–water partition coefficient (Wildman–Crippen LogP) is 3.19. The van der Waals surface area contributed by atoms with Crippen LogP contribution in [0, 0.1) is 0 Å². The second-order valence-corrected chi connectivity index (χ2v) is 8.16. The largest absolute Gasteiger partial charge is 0.356 e. The van der Waals surface area contributed by atoms with Crippen LogP contribution in [-0.4, -0.2) is 64.2 Å². The summed E-state index contributed by atoms with van der Waals surface area (Å²) in [6.45, 7) is 3.34. The minimum absolute atomic E-state index is 0.0903. The van der Waals surface area contributed by atoms with Gasteiger partial charge in [-0.1, -0.05) is 18.2 Å². The van der Waals surface area contributed by atoms with Crippen LogP contribution in [0.15, 0.2) is 55.7 Å². The number of anilines is 1. The maximum atomic E-state index is 14.7. The highest BCUT2D eigenvalue weighted by Crippen LogP contribution is 2.40. The molecule has 174 valence electrons. The zero-order chi connectivity index (χ0) is 23.9. The van der Waals surface area contributed by atoms with Crippen LogP contribution in [0.25, 0.3) is 11.2 Å². The van der Waals surface area contributed by atoms with Crippen LogP contribution >= 0.6 is 11.6 Å². The number of hydrogen-bond acceptors (Lipinski definition) is 7. The van der Waals surface area contributed by atoms with Gasteiger partial charge >= 0.3 is 0 Å². The summed E-state index contributed by atoms with van der Waals surface area (Å²) in [6, 6.07) is 2.20. The topological polar surface area (TPSA) is 120 Å². The number of nitrogens with zero attached hydrogens (tertiary/aromatic N) is 7. The quantitative estimate of drug-likeness (QED) is 0.430. The Bertz CT molecular complexity index is 1360. The molecule has 1 aliphatic heterocycles. The van der Waals surface area contributed by atoms with Crippen LogP contribution in [0.5, 0.6) is 0 Å². The summed E-state index contributed by atoms with van der Waals surface area (Å²) in [5.74, 6) is -3.04. The molecule has 4 aromatic heterocycles. The van der Waals surface area contributed by atoms with Crippen LogP contribution in [-0.2, 0) is 6.54 Å². The van der Waals surface area contributed by atoms with Crippen molar-refractivity contribution in [3.8, 4) is 0 Å². The van der Waals surface area contributed by atoms with Crippen LogP contribution in [0.4, 0.5) is 14.6 Å². The van der Waals surface area contributed by atoms with Gasteiger partial charge in [-0.05, 0) is 12.1 Å². The molecule has 0 spiro atoms. The first kappa shape index (κ1) is 21.9. The first-order chi connectivity index (χ1) is 16.3. The number of alkyl halides is 2. The number of H-pyrrole nitrogens is 2. The Labute approximate surface area is 196 Å². The molecular weight excluding hydrogens is 468 g/mol. The Balaban J connectivity index is 1.55. The van der Waals surface area contributed by atoms with Crippen molar-refractivity contribution >= 4 is 34.5 Å². The van der Waals surface area contributed by atoms with Gasteiger partial charge in [-0.3, -0.25) is 4.79 Å². The molecule has 34 heavy (non-hydrogen) atoms. The number of carbonyl (C=O) groups excluding carboxylic acids is 1. The van der Waals surface area contributed by atoms with Crippen molar-refractivity contribution < 1.29 is 13.6 Å². The lowest BCUT2D eigenvalue weighted by atomic mass is 10.1. The normalized spacial score (nSPS) is 17.3. The monoisotopic (exact) mass is 485 g/mol. The molecule has 1 atom stereocenters. The number of amides is 1. The zero-order valence-electron chi connectivity index (χ0n) is 17.6. The molecule has 1 saturated heterocycles. The summed E-state index contributed by atoms with van der Waals surface area (Å²) < 4.78 is 29.5. The number of imidazole rings is 1. The van der Waals surface area contributed by atoms with Crippen molar-refractivity contribution in [3.63, 3.8) is 0 Å².